The van der Waals surface area contributed by atoms with Crippen molar-refractivity contribution in [1.82, 2.24) is 14.7 Å². The Morgan fingerprint density at radius 1 is 1.04 bits per heavy atom. The van der Waals surface area contributed by atoms with E-state index in [0.29, 0.717) is 30.7 Å². The molecule has 2 aromatic rings. The van der Waals surface area contributed by atoms with Crippen molar-refractivity contribution in [3.8, 4) is 6.01 Å². The summed E-state index contributed by atoms with van der Waals surface area (Å²) in [6, 6.07) is 3.31. The maximum atomic E-state index is 12.6. The Kier molecular flexibility index (Phi) is 6.11. The molecule has 1 heterocycles. The van der Waals surface area contributed by atoms with Crippen LogP contribution in [0.3, 0.4) is 0 Å². The largest absolute Gasteiger partial charge is 0.460 e. The summed E-state index contributed by atoms with van der Waals surface area (Å²) >= 11 is 5.72. The minimum atomic E-state index is -4.51. The Labute approximate surface area is 165 Å². The Bertz CT molecular complexity index is 898. The van der Waals surface area contributed by atoms with Gasteiger partial charge in [-0.3, -0.25) is 0 Å². The molecule has 0 saturated heterocycles. The highest BCUT2D eigenvalue weighted by Gasteiger charge is 2.31. The van der Waals surface area contributed by atoms with E-state index in [0.717, 1.165) is 24.3 Å². The number of benzene rings is 1. The van der Waals surface area contributed by atoms with Gasteiger partial charge in [0.2, 0.25) is 10.0 Å². The average molecular weight is 436 g/mol. The van der Waals surface area contributed by atoms with Crippen LogP contribution in [-0.4, -0.2) is 30.5 Å². The van der Waals surface area contributed by atoms with Gasteiger partial charge >= 0.3 is 12.2 Å². The van der Waals surface area contributed by atoms with Crippen LogP contribution in [0.1, 0.15) is 31.2 Å². The summed E-state index contributed by atoms with van der Waals surface area (Å²) in [7, 11) is -3.90. The first-order chi connectivity index (χ1) is 13.1. The lowest BCUT2D eigenvalue weighted by Gasteiger charge is -2.28. The van der Waals surface area contributed by atoms with Gasteiger partial charge in [-0.25, -0.2) is 23.1 Å². The fourth-order valence-corrected chi connectivity index (χ4v) is 4.32. The topological polar surface area (TPSA) is 81.2 Å². The summed E-state index contributed by atoms with van der Waals surface area (Å²) in [5, 5.41) is 0.397. The van der Waals surface area contributed by atoms with Gasteiger partial charge in [-0.05, 0) is 49.9 Å². The summed E-state index contributed by atoms with van der Waals surface area (Å²) < 4.78 is 70.8. The molecule has 0 bridgehead atoms. The summed E-state index contributed by atoms with van der Waals surface area (Å²) in [5.74, 6) is 0. The van der Waals surface area contributed by atoms with E-state index in [-0.39, 0.29) is 23.1 Å². The van der Waals surface area contributed by atoms with Gasteiger partial charge in [0.05, 0.1) is 27.9 Å². The molecular weight excluding hydrogens is 419 g/mol. The van der Waals surface area contributed by atoms with Gasteiger partial charge in [0.25, 0.3) is 0 Å². The Morgan fingerprint density at radius 3 is 2.14 bits per heavy atom. The number of halogens is 4. The molecule has 0 unspecified atom stereocenters. The smallest absolute Gasteiger partial charge is 0.416 e. The average Bonchev–Trinajstić information content (AvgIpc) is 2.64. The molecule has 0 spiro atoms. The molecule has 28 heavy (non-hydrogen) atoms. The maximum Gasteiger partial charge on any atom is 0.416 e. The Morgan fingerprint density at radius 2 is 1.61 bits per heavy atom. The highest BCUT2D eigenvalue weighted by molar-refractivity contribution is 7.89. The number of ether oxygens (including phenoxy) is 1. The predicted molar refractivity (Wildman–Crippen MR) is 95.5 cm³/mol. The van der Waals surface area contributed by atoms with E-state index in [2.05, 4.69) is 14.7 Å². The van der Waals surface area contributed by atoms with E-state index < -0.39 is 21.8 Å². The van der Waals surface area contributed by atoms with Gasteiger partial charge in [-0.2, -0.15) is 13.2 Å². The molecule has 0 amide bonds. The zero-order valence-corrected chi connectivity index (χ0v) is 16.1. The molecule has 11 heteroatoms. The summed E-state index contributed by atoms with van der Waals surface area (Å²) in [4.78, 5) is 7.72. The highest BCUT2D eigenvalue weighted by atomic mass is 35.5. The van der Waals surface area contributed by atoms with Gasteiger partial charge in [0, 0.05) is 6.04 Å². The normalized spacial score (nSPS) is 20.7. The number of hydrogen-bond donors (Lipinski definition) is 1. The zero-order chi connectivity index (χ0) is 20.4. The maximum absolute atomic E-state index is 12.6. The van der Waals surface area contributed by atoms with Crippen LogP contribution in [0.4, 0.5) is 13.2 Å². The quantitative estimate of drug-likeness (QED) is 0.772. The van der Waals surface area contributed by atoms with Crippen LogP contribution in [-0.2, 0) is 16.2 Å². The van der Waals surface area contributed by atoms with Crippen LogP contribution in [0, 0.1) is 0 Å². The van der Waals surface area contributed by atoms with Crippen LogP contribution in [0.2, 0.25) is 5.02 Å². The lowest BCUT2D eigenvalue weighted by atomic mass is 9.94. The molecule has 1 saturated carbocycles. The van der Waals surface area contributed by atoms with E-state index >= 15 is 0 Å². The van der Waals surface area contributed by atoms with Gasteiger partial charge in [-0.15, -0.1) is 0 Å². The van der Waals surface area contributed by atoms with Gasteiger partial charge in [0.15, 0.2) is 0 Å². The van der Waals surface area contributed by atoms with E-state index in [1.54, 1.807) is 0 Å². The zero-order valence-electron chi connectivity index (χ0n) is 14.5. The van der Waals surface area contributed by atoms with Crippen LogP contribution >= 0.6 is 11.6 Å². The van der Waals surface area contributed by atoms with E-state index in [1.807, 2.05) is 0 Å². The highest BCUT2D eigenvalue weighted by Crippen LogP contribution is 2.30. The number of hydrogen-bond acceptors (Lipinski definition) is 5. The SMILES string of the molecule is O=S(=O)(NC1CCC(Oc2ncc(Cl)cn2)CC1)c1ccc(C(F)(F)F)cc1. The van der Waals surface area contributed by atoms with Crippen LogP contribution in [0.25, 0.3) is 0 Å². The summed E-state index contributed by atoms with van der Waals surface area (Å²) in [5.41, 5.74) is -0.895. The molecule has 152 valence electrons. The van der Waals surface area contributed by atoms with Crippen molar-refractivity contribution in [3.63, 3.8) is 0 Å². The standard InChI is InChI=1S/C17H17ClF3N3O3S/c18-12-9-22-16(23-10-12)27-14-5-3-13(4-6-14)24-28(25,26)15-7-1-11(2-8-15)17(19,20)21/h1-2,7-10,13-14,24H,3-6H2. The molecule has 1 aromatic carbocycles. The van der Waals surface area contributed by atoms with Crippen LogP contribution in [0.5, 0.6) is 6.01 Å². The van der Waals surface area contributed by atoms with Gasteiger partial charge in [0.1, 0.15) is 6.10 Å². The number of rotatable bonds is 5. The van der Waals surface area contributed by atoms with Gasteiger partial charge in [-0.1, -0.05) is 11.6 Å². The minimum Gasteiger partial charge on any atom is -0.460 e. The van der Waals surface area contributed by atoms with Crippen molar-refractivity contribution in [1.29, 1.82) is 0 Å². The second kappa shape index (κ2) is 8.22. The van der Waals surface area contributed by atoms with Crippen molar-refractivity contribution in [2.45, 2.75) is 48.9 Å². The molecular formula is C17H17ClF3N3O3S. The molecule has 1 fully saturated rings. The third-order valence-electron chi connectivity index (χ3n) is 4.36. The first-order valence-electron chi connectivity index (χ1n) is 8.47. The monoisotopic (exact) mass is 435 g/mol. The lowest BCUT2D eigenvalue weighted by Crippen LogP contribution is -2.39. The van der Waals surface area contributed by atoms with E-state index in [4.69, 9.17) is 16.3 Å². The molecule has 6 nitrogen and oxygen atoms in total. The Balaban J connectivity index is 1.55. The molecule has 0 atom stereocenters. The molecule has 3 rings (SSSR count). The van der Waals surface area contributed by atoms with Crippen molar-refractivity contribution >= 4 is 21.6 Å². The fraction of sp³-hybridized carbons (Fsp3) is 0.412. The van der Waals surface area contributed by atoms with Crippen molar-refractivity contribution in [3.05, 3.63) is 47.2 Å². The molecule has 1 aliphatic rings. The Hall–Kier alpha value is -1.91. The summed E-state index contributed by atoms with van der Waals surface area (Å²) in [6.45, 7) is 0. The van der Waals surface area contributed by atoms with Crippen molar-refractivity contribution in [2.75, 3.05) is 0 Å². The molecule has 0 aliphatic heterocycles. The predicted octanol–water partition coefficient (Wildman–Crippen LogP) is 3.82. The second-order valence-electron chi connectivity index (χ2n) is 6.42. The van der Waals surface area contributed by atoms with Crippen LogP contribution < -0.4 is 9.46 Å². The molecule has 0 radical (unpaired) electrons. The molecule has 1 aliphatic carbocycles. The van der Waals surface area contributed by atoms with Crippen molar-refractivity contribution < 1.29 is 26.3 Å². The molecule has 1 aromatic heterocycles. The number of nitrogens with one attached hydrogen (secondary N) is 1. The number of aromatic nitrogens is 2. The first kappa shape index (κ1) is 20.8. The summed E-state index contributed by atoms with van der Waals surface area (Å²) in [6.07, 6.45) is 0.422. The van der Waals surface area contributed by atoms with Crippen molar-refractivity contribution in [2.24, 2.45) is 0 Å². The molecule has 1 N–H and O–H groups in total. The van der Waals surface area contributed by atoms with Gasteiger partial charge < -0.3 is 4.74 Å². The van der Waals surface area contributed by atoms with Crippen LogP contribution in [0.15, 0.2) is 41.6 Å². The third-order valence-corrected chi connectivity index (χ3v) is 6.09. The van der Waals surface area contributed by atoms with E-state index in [9.17, 15) is 21.6 Å². The minimum absolute atomic E-state index is 0.145. The lowest BCUT2D eigenvalue weighted by molar-refractivity contribution is -0.137. The number of alkyl halides is 3. The number of nitrogens with zero attached hydrogens (tertiary/aromatic N) is 2. The second-order valence-corrected chi connectivity index (χ2v) is 8.57. The van der Waals surface area contributed by atoms with E-state index in [1.165, 1.54) is 12.4 Å². The first-order valence-corrected chi connectivity index (χ1v) is 10.3. The number of sulfonamides is 1. The third kappa shape index (κ3) is 5.33. The fourth-order valence-electron chi connectivity index (χ4n) is 2.92.